The Morgan fingerprint density at radius 3 is 2.61 bits per heavy atom. The molecule has 2 unspecified atom stereocenters. The zero-order valence-electron chi connectivity index (χ0n) is 18.7. The number of likely N-dealkylation sites (N-methyl/N-ethyl adjacent to an activating group) is 1. The highest BCUT2D eigenvalue weighted by Gasteiger charge is 2.28. The molecular weight excluding hydrogens is 396 g/mol. The van der Waals surface area contributed by atoms with Crippen molar-refractivity contribution in [1.29, 1.82) is 0 Å². The fourth-order valence-electron chi connectivity index (χ4n) is 3.99. The third-order valence-corrected chi connectivity index (χ3v) is 5.73. The summed E-state index contributed by atoms with van der Waals surface area (Å²) in [6.45, 7) is 3.04. The summed E-state index contributed by atoms with van der Waals surface area (Å²) in [7, 11) is 6.64. The standard InChI is InChI=1S/C24H32N2O5/c1-25(19-10-11-21(24(27)30-4)23(14-19)29-3)22(18-8-6-5-7-9-18)16-26-13-12-20(15-26)31-17-28-2/h5-11,14,20,22H,12-13,15-17H2,1-4H3. The maximum atomic E-state index is 12.0. The van der Waals surface area contributed by atoms with Gasteiger partial charge in [0, 0.05) is 45.5 Å². The lowest BCUT2D eigenvalue weighted by Crippen LogP contribution is -2.36. The summed E-state index contributed by atoms with van der Waals surface area (Å²) in [5, 5.41) is 0. The van der Waals surface area contributed by atoms with Gasteiger partial charge in [-0.2, -0.15) is 0 Å². The Hall–Kier alpha value is -2.61. The highest BCUT2D eigenvalue weighted by Crippen LogP contribution is 2.32. The quantitative estimate of drug-likeness (QED) is 0.425. The van der Waals surface area contributed by atoms with Gasteiger partial charge in [0.1, 0.15) is 18.1 Å². The number of hydrogen-bond acceptors (Lipinski definition) is 7. The Kier molecular flexibility index (Phi) is 8.28. The molecule has 3 rings (SSSR count). The minimum atomic E-state index is -0.412. The number of carbonyl (C=O) groups excluding carboxylic acids is 1. The number of nitrogens with zero attached hydrogens (tertiary/aromatic N) is 2. The van der Waals surface area contributed by atoms with Crippen LogP contribution in [-0.2, 0) is 14.2 Å². The van der Waals surface area contributed by atoms with Crippen LogP contribution < -0.4 is 9.64 Å². The number of esters is 1. The second-order valence-electron chi connectivity index (χ2n) is 7.66. The molecule has 0 aromatic heterocycles. The molecule has 1 aliphatic rings. The third-order valence-electron chi connectivity index (χ3n) is 5.73. The Morgan fingerprint density at radius 1 is 1.16 bits per heavy atom. The first-order valence-corrected chi connectivity index (χ1v) is 10.4. The van der Waals surface area contributed by atoms with Crippen molar-refractivity contribution in [2.75, 3.05) is 59.7 Å². The van der Waals surface area contributed by atoms with E-state index in [0.717, 1.165) is 31.7 Å². The van der Waals surface area contributed by atoms with Crippen molar-refractivity contribution in [3.8, 4) is 5.75 Å². The third kappa shape index (κ3) is 5.76. The maximum absolute atomic E-state index is 12.0. The smallest absolute Gasteiger partial charge is 0.341 e. The summed E-state index contributed by atoms with van der Waals surface area (Å²) >= 11 is 0. The molecule has 1 saturated heterocycles. The number of ether oxygens (including phenoxy) is 4. The van der Waals surface area contributed by atoms with Gasteiger partial charge in [-0.1, -0.05) is 30.3 Å². The molecule has 0 radical (unpaired) electrons. The number of anilines is 1. The number of rotatable bonds is 10. The van der Waals surface area contributed by atoms with E-state index < -0.39 is 5.97 Å². The molecule has 0 amide bonds. The Bertz CT molecular complexity index is 845. The van der Waals surface area contributed by atoms with Crippen molar-refractivity contribution in [2.24, 2.45) is 0 Å². The average molecular weight is 429 g/mol. The zero-order chi connectivity index (χ0) is 22.2. The van der Waals surface area contributed by atoms with Crippen LogP contribution in [0.5, 0.6) is 5.75 Å². The first-order valence-electron chi connectivity index (χ1n) is 10.4. The molecule has 0 spiro atoms. The SMILES string of the molecule is COCOC1CCN(CC(c2ccccc2)N(C)c2ccc(C(=O)OC)c(OC)c2)C1. The number of hydrogen-bond donors (Lipinski definition) is 0. The van der Waals surface area contributed by atoms with E-state index in [1.165, 1.54) is 12.7 Å². The Balaban J connectivity index is 1.82. The monoisotopic (exact) mass is 428 g/mol. The first-order chi connectivity index (χ1) is 15.1. The van der Waals surface area contributed by atoms with Gasteiger partial charge in [-0.15, -0.1) is 0 Å². The minimum Gasteiger partial charge on any atom is -0.496 e. The molecule has 1 heterocycles. The normalized spacial score (nSPS) is 17.4. The second kappa shape index (κ2) is 11.1. The molecular formula is C24H32N2O5. The molecule has 0 saturated carbocycles. The molecule has 2 aromatic rings. The van der Waals surface area contributed by atoms with Crippen LogP contribution in [-0.4, -0.2) is 71.8 Å². The van der Waals surface area contributed by atoms with Crippen molar-refractivity contribution >= 4 is 11.7 Å². The largest absolute Gasteiger partial charge is 0.496 e. The molecule has 2 atom stereocenters. The van der Waals surface area contributed by atoms with E-state index in [9.17, 15) is 4.79 Å². The van der Waals surface area contributed by atoms with Gasteiger partial charge in [-0.05, 0) is 24.1 Å². The van der Waals surface area contributed by atoms with E-state index in [4.69, 9.17) is 18.9 Å². The van der Waals surface area contributed by atoms with E-state index in [0.29, 0.717) is 18.1 Å². The number of methoxy groups -OCH3 is 3. The Labute approximate surface area is 184 Å². The first kappa shape index (κ1) is 23.1. The van der Waals surface area contributed by atoms with Crippen molar-refractivity contribution in [1.82, 2.24) is 4.90 Å². The van der Waals surface area contributed by atoms with Gasteiger partial charge >= 0.3 is 5.97 Å². The topological polar surface area (TPSA) is 60.5 Å². The van der Waals surface area contributed by atoms with E-state index in [-0.39, 0.29) is 12.1 Å². The summed E-state index contributed by atoms with van der Waals surface area (Å²) in [4.78, 5) is 16.7. The van der Waals surface area contributed by atoms with Crippen LogP contribution in [0.15, 0.2) is 48.5 Å². The van der Waals surface area contributed by atoms with E-state index in [1.54, 1.807) is 20.3 Å². The van der Waals surface area contributed by atoms with Crippen molar-refractivity contribution < 1.29 is 23.7 Å². The average Bonchev–Trinajstić information content (AvgIpc) is 3.27. The highest BCUT2D eigenvalue weighted by molar-refractivity contribution is 5.93. The molecule has 2 aromatic carbocycles. The summed E-state index contributed by atoms with van der Waals surface area (Å²) in [6, 6.07) is 16.1. The fourth-order valence-corrected chi connectivity index (χ4v) is 3.99. The van der Waals surface area contributed by atoms with Crippen LogP contribution in [0.3, 0.4) is 0 Å². The second-order valence-corrected chi connectivity index (χ2v) is 7.66. The number of carbonyl (C=O) groups is 1. The van der Waals surface area contributed by atoms with E-state index in [2.05, 4.69) is 41.1 Å². The highest BCUT2D eigenvalue weighted by atomic mass is 16.7. The maximum Gasteiger partial charge on any atom is 0.341 e. The van der Waals surface area contributed by atoms with Crippen LogP contribution in [0, 0.1) is 0 Å². The summed E-state index contributed by atoms with van der Waals surface area (Å²) in [6.07, 6.45) is 1.19. The van der Waals surface area contributed by atoms with Gasteiger partial charge in [0.25, 0.3) is 0 Å². The summed E-state index contributed by atoms with van der Waals surface area (Å²) in [5.41, 5.74) is 2.60. The minimum absolute atomic E-state index is 0.121. The predicted octanol–water partition coefficient (Wildman–Crippen LogP) is 3.35. The van der Waals surface area contributed by atoms with Gasteiger partial charge in [0.15, 0.2) is 0 Å². The lowest BCUT2D eigenvalue weighted by atomic mass is 10.0. The predicted molar refractivity (Wildman–Crippen MR) is 120 cm³/mol. The molecule has 1 aliphatic heterocycles. The molecule has 168 valence electrons. The molecule has 0 N–H and O–H groups in total. The van der Waals surface area contributed by atoms with Crippen molar-refractivity contribution in [2.45, 2.75) is 18.6 Å². The van der Waals surface area contributed by atoms with Gasteiger partial charge in [-0.3, -0.25) is 4.90 Å². The van der Waals surface area contributed by atoms with Crippen molar-refractivity contribution in [3.05, 3.63) is 59.7 Å². The molecule has 1 fully saturated rings. The Morgan fingerprint density at radius 2 is 1.94 bits per heavy atom. The molecule has 0 bridgehead atoms. The van der Waals surface area contributed by atoms with Crippen LogP contribution in [0.25, 0.3) is 0 Å². The molecule has 31 heavy (non-hydrogen) atoms. The lowest BCUT2D eigenvalue weighted by Gasteiger charge is -2.34. The van der Waals surface area contributed by atoms with Gasteiger partial charge in [0.2, 0.25) is 0 Å². The molecule has 0 aliphatic carbocycles. The van der Waals surface area contributed by atoms with Gasteiger partial charge < -0.3 is 23.8 Å². The van der Waals surface area contributed by atoms with E-state index >= 15 is 0 Å². The number of likely N-dealkylation sites (tertiary alicyclic amines) is 1. The van der Waals surface area contributed by atoms with Crippen LogP contribution in [0.2, 0.25) is 0 Å². The molecule has 7 heteroatoms. The lowest BCUT2D eigenvalue weighted by molar-refractivity contribution is -0.0671. The van der Waals surface area contributed by atoms with Gasteiger partial charge in [0.05, 0.1) is 26.4 Å². The van der Waals surface area contributed by atoms with Crippen molar-refractivity contribution in [3.63, 3.8) is 0 Å². The van der Waals surface area contributed by atoms with Crippen LogP contribution in [0.4, 0.5) is 5.69 Å². The van der Waals surface area contributed by atoms with Gasteiger partial charge in [-0.25, -0.2) is 4.79 Å². The molecule has 7 nitrogen and oxygen atoms in total. The van der Waals surface area contributed by atoms with Crippen LogP contribution >= 0.6 is 0 Å². The summed E-state index contributed by atoms with van der Waals surface area (Å²) in [5.74, 6) is 0.0852. The van der Waals surface area contributed by atoms with Crippen LogP contribution in [0.1, 0.15) is 28.4 Å². The summed E-state index contributed by atoms with van der Waals surface area (Å²) < 4.78 is 21.1. The number of benzene rings is 2. The zero-order valence-corrected chi connectivity index (χ0v) is 18.7. The fraction of sp³-hybridized carbons (Fsp3) is 0.458. The van der Waals surface area contributed by atoms with E-state index in [1.807, 2.05) is 18.2 Å².